The molecule has 0 saturated heterocycles. The Morgan fingerprint density at radius 1 is 1.33 bits per heavy atom. The van der Waals surface area contributed by atoms with Crippen LogP contribution in [0.1, 0.15) is 31.1 Å². The minimum atomic E-state index is -0.209. The van der Waals surface area contributed by atoms with Crippen LogP contribution in [0, 0.1) is 12.7 Å². The molecular weight excluding hydrogens is 229 g/mol. The molecule has 96 valence electrons. The third kappa shape index (κ3) is 2.53. The molecule has 0 aliphatic rings. The summed E-state index contributed by atoms with van der Waals surface area (Å²) in [6.45, 7) is 6.91. The number of hydrogen-bond donors (Lipinski definition) is 1. The molecule has 1 unspecified atom stereocenters. The van der Waals surface area contributed by atoms with Crippen LogP contribution in [0.4, 0.5) is 10.3 Å². The van der Waals surface area contributed by atoms with E-state index in [1.165, 1.54) is 12.1 Å². The average molecular weight is 247 g/mol. The molecule has 1 heterocycles. The topological polar surface area (TPSA) is 29.9 Å². The summed E-state index contributed by atoms with van der Waals surface area (Å²) in [5.41, 5.74) is 2.04. The molecule has 0 fully saturated rings. The van der Waals surface area contributed by atoms with Crippen LogP contribution < -0.4 is 5.32 Å². The van der Waals surface area contributed by atoms with Gasteiger partial charge >= 0.3 is 0 Å². The van der Waals surface area contributed by atoms with E-state index in [4.69, 9.17) is 0 Å². The number of nitrogens with zero attached hydrogens (tertiary/aromatic N) is 2. The number of imidazole rings is 1. The zero-order chi connectivity index (χ0) is 13.1. The number of hydrogen-bond acceptors (Lipinski definition) is 2. The summed E-state index contributed by atoms with van der Waals surface area (Å²) in [5, 5.41) is 3.24. The van der Waals surface area contributed by atoms with Crippen LogP contribution in [0.2, 0.25) is 0 Å². The van der Waals surface area contributed by atoms with Crippen molar-refractivity contribution in [1.29, 1.82) is 0 Å². The number of aromatic nitrogens is 2. The Morgan fingerprint density at radius 2 is 2.00 bits per heavy atom. The lowest BCUT2D eigenvalue weighted by Crippen LogP contribution is -2.11. The lowest BCUT2D eigenvalue weighted by molar-refractivity contribution is 0.617. The summed E-state index contributed by atoms with van der Waals surface area (Å²) < 4.78 is 15.0. The third-order valence-corrected chi connectivity index (χ3v) is 2.96. The van der Waals surface area contributed by atoms with Gasteiger partial charge in [0, 0.05) is 12.7 Å². The summed E-state index contributed by atoms with van der Waals surface area (Å²) in [5.74, 6) is 0.645. The predicted octanol–water partition coefficient (Wildman–Crippen LogP) is 3.37. The van der Waals surface area contributed by atoms with Gasteiger partial charge in [-0.1, -0.05) is 12.1 Å². The van der Waals surface area contributed by atoms with Gasteiger partial charge in [0.25, 0.3) is 0 Å². The monoisotopic (exact) mass is 247 g/mol. The zero-order valence-corrected chi connectivity index (χ0v) is 10.9. The van der Waals surface area contributed by atoms with Gasteiger partial charge in [-0.3, -0.25) is 0 Å². The van der Waals surface area contributed by atoms with Gasteiger partial charge in [-0.25, -0.2) is 9.37 Å². The van der Waals surface area contributed by atoms with Gasteiger partial charge < -0.3 is 9.88 Å². The molecule has 1 N–H and O–H groups in total. The molecular formula is C14H18FN3. The maximum absolute atomic E-state index is 12.9. The fourth-order valence-electron chi connectivity index (χ4n) is 2.00. The SMILES string of the molecule is CCNc1nc(C)cn1C(C)c1ccc(F)cc1. The Hall–Kier alpha value is -1.84. The van der Waals surface area contributed by atoms with Crippen LogP contribution in [0.15, 0.2) is 30.5 Å². The van der Waals surface area contributed by atoms with E-state index in [1.54, 1.807) is 0 Å². The van der Waals surface area contributed by atoms with E-state index < -0.39 is 0 Å². The normalized spacial score (nSPS) is 12.4. The van der Waals surface area contributed by atoms with Crippen LogP contribution in [-0.4, -0.2) is 16.1 Å². The van der Waals surface area contributed by atoms with Crippen LogP contribution >= 0.6 is 0 Å². The predicted molar refractivity (Wildman–Crippen MR) is 71.3 cm³/mol. The Bertz CT molecular complexity index is 516. The second-order valence-electron chi connectivity index (χ2n) is 4.37. The van der Waals surface area contributed by atoms with Crippen molar-refractivity contribution >= 4 is 5.95 Å². The largest absolute Gasteiger partial charge is 0.356 e. The first-order valence-corrected chi connectivity index (χ1v) is 6.16. The number of rotatable bonds is 4. The van der Waals surface area contributed by atoms with E-state index in [2.05, 4.69) is 21.8 Å². The molecule has 0 bridgehead atoms. The van der Waals surface area contributed by atoms with E-state index >= 15 is 0 Å². The quantitative estimate of drug-likeness (QED) is 0.897. The molecule has 1 aromatic heterocycles. The highest BCUT2D eigenvalue weighted by Crippen LogP contribution is 2.23. The molecule has 3 nitrogen and oxygen atoms in total. The average Bonchev–Trinajstić information content (AvgIpc) is 2.71. The first kappa shape index (κ1) is 12.6. The Balaban J connectivity index is 2.32. The van der Waals surface area contributed by atoms with Crippen molar-refractivity contribution in [3.05, 3.63) is 47.5 Å². The minimum Gasteiger partial charge on any atom is -0.356 e. The van der Waals surface area contributed by atoms with Crippen molar-refractivity contribution in [2.45, 2.75) is 26.8 Å². The maximum Gasteiger partial charge on any atom is 0.203 e. The van der Waals surface area contributed by atoms with E-state index in [9.17, 15) is 4.39 Å². The molecule has 0 radical (unpaired) electrons. The number of benzene rings is 1. The second kappa shape index (κ2) is 5.21. The molecule has 18 heavy (non-hydrogen) atoms. The van der Waals surface area contributed by atoms with Crippen molar-refractivity contribution in [1.82, 2.24) is 9.55 Å². The van der Waals surface area contributed by atoms with E-state index in [1.807, 2.05) is 32.2 Å². The van der Waals surface area contributed by atoms with Gasteiger partial charge in [-0.15, -0.1) is 0 Å². The molecule has 0 aliphatic heterocycles. The summed E-state index contributed by atoms with van der Waals surface area (Å²) in [6, 6.07) is 6.72. The Labute approximate surface area is 107 Å². The molecule has 2 aromatic rings. The lowest BCUT2D eigenvalue weighted by Gasteiger charge is -2.17. The van der Waals surface area contributed by atoms with Gasteiger partial charge in [0.1, 0.15) is 5.82 Å². The van der Waals surface area contributed by atoms with Crippen molar-refractivity contribution in [3.63, 3.8) is 0 Å². The molecule has 2 rings (SSSR count). The number of anilines is 1. The number of aryl methyl sites for hydroxylation is 1. The van der Waals surface area contributed by atoms with Crippen LogP contribution in [0.5, 0.6) is 0 Å². The highest BCUT2D eigenvalue weighted by atomic mass is 19.1. The standard InChI is InChI=1S/C14H18FN3/c1-4-16-14-17-10(2)9-18(14)11(3)12-5-7-13(15)8-6-12/h5-9,11H,4H2,1-3H3,(H,16,17). The van der Waals surface area contributed by atoms with Crippen LogP contribution in [-0.2, 0) is 0 Å². The number of nitrogens with one attached hydrogen (secondary N) is 1. The molecule has 0 aliphatic carbocycles. The molecule has 0 saturated carbocycles. The molecule has 1 aromatic carbocycles. The van der Waals surface area contributed by atoms with Crippen molar-refractivity contribution < 1.29 is 4.39 Å². The summed E-state index contributed by atoms with van der Waals surface area (Å²) in [7, 11) is 0. The second-order valence-corrected chi connectivity index (χ2v) is 4.37. The van der Waals surface area contributed by atoms with Crippen LogP contribution in [0.25, 0.3) is 0 Å². The molecule has 1 atom stereocenters. The Kier molecular flexibility index (Phi) is 3.65. The number of halogens is 1. The highest BCUT2D eigenvalue weighted by Gasteiger charge is 2.13. The minimum absolute atomic E-state index is 0.126. The van der Waals surface area contributed by atoms with Crippen LogP contribution in [0.3, 0.4) is 0 Å². The molecule has 4 heteroatoms. The zero-order valence-electron chi connectivity index (χ0n) is 10.9. The van der Waals surface area contributed by atoms with Gasteiger partial charge in [0.15, 0.2) is 0 Å². The first-order valence-electron chi connectivity index (χ1n) is 6.16. The lowest BCUT2D eigenvalue weighted by atomic mass is 10.1. The van der Waals surface area contributed by atoms with Gasteiger partial charge in [-0.05, 0) is 38.5 Å². The van der Waals surface area contributed by atoms with Crippen molar-refractivity contribution in [2.24, 2.45) is 0 Å². The summed E-state index contributed by atoms with van der Waals surface area (Å²) in [6.07, 6.45) is 2.01. The van der Waals surface area contributed by atoms with Gasteiger partial charge in [-0.2, -0.15) is 0 Å². The fraction of sp³-hybridized carbons (Fsp3) is 0.357. The van der Waals surface area contributed by atoms with E-state index in [0.717, 1.165) is 23.8 Å². The summed E-state index contributed by atoms with van der Waals surface area (Å²) in [4.78, 5) is 4.44. The Morgan fingerprint density at radius 3 is 2.61 bits per heavy atom. The maximum atomic E-state index is 12.9. The van der Waals surface area contributed by atoms with Crippen molar-refractivity contribution in [2.75, 3.05) is 11.9 Å². The smallest absolute Gasteiger partial charge is 0.203 e. The van der Waals surface area contributed by atoms with Gasteiger partial charge in [0.2, 0.25) is 5.95 Å². The summed E-state index contributed by atoms with van der Waals surface area (Å²) >= 11 is 0. The fourth-order valence-corrected chi connectivity index (χ4v) is 2.00. The third-order valence-electron chi connectivity index (χ3n) is 2.96. The highest BCUT2D eigenvalue weighted by molar-refractivity contribution is 5.32. The van der Waals surface area contributed by atoms with Crippen molar-refractivity contribution in [3.8, 4) is 0 Å². The van der Waals surface area contributed by atoms with E-state index in [-0.39, 0.29) is 11.9 Å². The first-order chi connectivity index (χ1) is 8.61. The van der Waals surface area contributed by atoms with E-state index in [0.29, 0.717) is 0 Å². The van der Waals surface area contributed by atoms with Gasteiger partial charge in [0.05, 0.1) is 11.7 Å². The molecule has 0 spiro atoms. The molecule has 0 amide bonds.